The van der Waals surface area contributed by atoms with Crippen molar-refractivity contribution in [2.45, 2.75) is 65.0 Å². The quantitative estimate of drug-likeness (QED) is 0.500. The molecule has 0 bridgehead atoms. The van der Waals surface area contributed by atoms with Crippen molar-refractivity contribution in [1.29, 1.82) is 0 Å². The second-order valence-electron chi connectivity index (χ2n) is 10.2. The predicted octanol–water partition coefficient (Wildman–Crippen LogP) is 4.95. The van der Waals surface area contributed by atoms with Crippen LogP contribution in [0.25, 0.3) is 10.9 Å². The van der Waals surface area contributed by atoms with Crippen molar-refractivity contribution in [2.75, 3.05) is 0 Å². The number of hydrogen-bond acceptors (Lipinski definition) is 3. The van der Waals surface area contributed by atoms with Gasteiger partial charge in [0.25, 0.3) is 5.91 Å². The van der Waals surface area contributed by atoms with Crippen LogP contribution in [0, 0.1) is 23.2 Å². The van der Waals surface area contributed by atoms with Crippen LogP contribution in [0.4, 0.5) is 0 Å². The number of benzene rings is 2. The average Bonchev–Trinajstić information content (AvgIpc) is 3.25. The summed E-state index contributed by atoms with van der Waals surface area (Å²) in [6.07, 6.45) is 5.95. The maximum atomic E-state index is 13.4. The summed E-state index contributed by atoms with van der Waals surface area (Å²) in [5.41, 5.74) is 4.76. The van der Waals surface area contributed by atoms with E-state index in [2.05, 4.69) is 55.3 Å². The van der Waals surface area contributed by atoms with E-state index >= 15 is 0 Å². The van der Waals surface area contributed by atoms with Gasteiger partial charge in [-0.1, -0.05) is 37.1 Å². The molecule has 2 fully saturated rings. The molecule has 1 spiro atoms. The number of carboxylic acids is 1. The van der Waals surface area contributed by atoms with Crippen LogP contribution in [-0.4, -0.2) is 32.8 Å². The first-order valence-electron chi connectivity index (χ1n) is 12.4. The third kappa shape index (κ3) is 4.10. The van der Waals surface area contributed by atoms with Gasteiger partial charge < -0.3 is 10.4 Å². The Bertz CT molecular complexity index is 1350. The Morgan fingerprint density at radius 2 is 1.89 bits per heavy atom. The summed E-state index contributed by atoms with van der Waals surface area (Å²) < 4.78 is 1.93. The Morgan fingerprint density at radius 1 is 1.17 bits per heavy atom. The third-order valence-electron chi connectivity index (χ3n) is 7.90. The van der Waals surface area contributed by atoms with Crippen LogP contribution in [0.1, 0.15) is 79.5 Å². The van der Waals surface area contributed by atoms with Gasteiger partial charge in [0.15, 0.2) is 0 Å². The summed E-state index contributed by atoms with van der Waals surface area (Å²) in [6.45, 7) is 6.04. The van der Waals surface area contributed by atoms with Crippen molar-refractivity contribution in [2.24, 2.45) is 11.3 Å². The fourth-order valence-corrected chi connectivity index (χ4v) is 5.90. The highest BCUT2D eigenvalue weighted by atomic mass is 16.4. The van der Waals surface area contributed by atoms with Gasteiger partial charge >= 0.3 is 5.97 Å². The molecule has 2 N–H and O–H groups in total. The van der Waals surface area contributed by atoms with Gasteiger partial charge in [0.1, 0.15) is 0 Å². The highest BCUT2D eigenvalue weighted by Gasteiger charge is 2.55. The van der Waals surface area contributed by atoms with Crippen molar-refractivity contribution in [3.8, 4) is 11.8 Å². The summed E-state index contributed by atoms with van der Waals surface area (Å²) in [5, 5.41) is 17.9. The number of nitrogens with zero attached hydrogens (tertiary/aromatic N) is 2. The van der Waals surface area contributed by atoms with E-state index in [4.69, 9.17) is 5.10 Å². The second-order valence-corrected chi connectivity index (χ2v) is 10.2. The molecule has 0 aliphatic heterocycles. The number of fused-ring (bicyclic) bond motifs is 1. The minimum absolute atomic E-state index is 0.0512. The minimum atomic E-state index is -0.701. The van der Waals surface area contributed by atoms with E-state index in [1.54, 1.807) is 13.1 Å². The molecular formula is C29H31N3O3. The molecule has 6 nitrogen and oxygen atoms in total. The lowest BCUT2D eigenvalue weighted by molar-refractivity contribution is -0.155. The monoisotopic (exact) mass is 469 g/mol. The zero-order valence-corrected chi connectivity index (χ0v) is 20.5. The summed E-state index contributed by atoms with van der Waals surface area (Å²) in [5.74, 6) is 5.07. The fourth-order valence-electron chi connectivity index (χ4n) is 5.90. The molecule has 180 valence electrons. The molecule has 2 aliphatic rings. The molecule has 2 saturated carbocycles. The third-order valence-corrected chi connectivity index (χ3v) is 7.90. The molecule has 1 amide bonds. The van der Waals surface area contributed by atoms with E-state index in [9.17, 15) is 14.7 Å². The maximum absolute atomic E-state index is 13.4. The largest absolute Gasteiger partial charge is 0.481 e. The van der Waals surface area contributed by atoms with Crippen LogP contribution >= 0.6 is 0 Å². The fraction of sp³-hybridized carbons (Fsp3) is 0.414. The van der Waals surface area contributed by atoms with Gasteiger partial charge in [-0.3, -0.25) is 14.3 Å². The van der Waals surface area contributed by atoms with Gasteiger partial charge in [0.2, 0.25) is 0 Å². The van der Waals surface area contributed by atoms with Crippen LogP contribution in [0.2, 0.25) is 0 Å². The second kappa shape index (κ2) is 8.88. The van der Waals surface area contributed by atoms with Crippen molar-refractivity contribution in [3.63, 3.8) is 0 Å². The van der Waals surface area contributed by atoms with Crippen LogP contribution in [0.3, 0.4) is 0 Å². The normalized spacial score (nSPS) is 23.6. The standard InChI is InChI=1S/C29H31N3O3/c1-4-6-21-11-12-24(27(33)31-23-15-29(16-23)13-22(14-29)28(34)35)26-25(21)17-30-32(26)18(3)20-9-7-19(5-2)8-10-20/h7-12,17-18,22-23H,5,13-16H2,1-3H3,(H,31,33)(H,34,35). The molecule has 0 saturated heterocycles. The summed E-state index contributed by atoms with van der Waals surface area (Å²) in [6, 6.07) is 12.3. The Kier molecular flexibility index (Phi) is 5.88. The summed E-state index contributed by atoms with van der Waals surface area (Å²) >= 11 is 0. The molecule has 35 heavy (non-hydrogen) atoms. The number of hydrogen-bond donors (Lipinski definition) is 2. The van der Waals surface area contributed by atoms with E-state index < -0.39 is 5.97 Å². The highest BCUT2D eigenvalue weighted by Crippen LogP contribution is 2.58. The Balaban J connectivity index is 1.42. The van der Waals surface area contributed by atoms with Gasteiger partial charge in [-0.25, -0.2) is 0 Å². The van der Waals surface area contributed by atoms with Gasteiger partial charge in [0, 0.05) is 17.0 Å². The molecule has 1 aromatic heterocycles. The molecule has 2 aromatic carbocycles. The number of nitrogens with one attached hydrogen (secondary N) is 1. The number of aliphatic carboxylic acids is 1. The van der Waals surface area contributed by atoms with Crippen LogP contribution < -0.4 is 5.32 Å². The molecule has 5 rings (SSSR count). The topological polar surface area (TPSA) is 84.2 Å². The highest BCUT2D eigenvalue weighted by molar-refractivity contribution is 6.07. The lowest BCUT2D eigenvalue weighted by Crippen LogP contribution is -2.57. The van der Waals surface area contributed by atoms with Crippen molar-refractivity contribution < 1.29 is 14.7 Å². The van der Waals surface area contributed by atoms with Crippen LogP contribution in [0.5, 0.6) is 0 Å². The SMILES string of the molecule is CC#Cc1ccc(C(=O)NC2CC3(C2)CC(C(=O)O)C3)c2c1cnn2C(C)c1ccc(CC)cc1. The van der Waals surface area contributed by atoms with Crippen molar-refractivity contribution in [3.05, 3.63) is 64.8 Å². The van der Waals surface area contributed by atoms with Gasteiger partial charge in [-0.05, 0) is 74.6 Å². The number of carbonyl (C=O) groups excluding carboxylic acids is 1. The molecule has 1 unspecified atom stereocenters. The molecule has 1 atom stereocenters. The zero-order valence-electron chi connectivity index (χ0n) is 20.5. The van der Waals surface area contributed by atoms with E-state index in [1.807, 2.05) is 16.8 Å². The first kappa shape index (κ1) is 23.2. The molecule has 3 aromatic rings. The molecule has 6 heteroatoms. The predicted molar refractivity (Wildman–Crippen MR) is 135 cm³/mol. The number of aromatic nitrogens is 2. The Hall–Kier alpha value is -3.59. The molecule has 1 heterocycles. The van der Waals surface area contributed by atoms with E-state index in [0.717, 1.165) is 54.1 Å². The number of aryl methyl sites for hydroxylation is 1. The smallest absolute Gasteiger partial charge is 0.306 e. The maximum Gasteiger partial charge on any atom is 0.306 e. The Morgan fingerprint density at radius 3 is 2.51 bits per heavy atom. The summed E-state index contributed by atoms with van der Waals surface area (Å²) in [4.78, 5) is 24.6. The lowest BCUT2D eigenvalue weighted by Gasteiger charge is -2.56. The van der Waals surface area contributed by atoms with E-state index in [1.165, 1.54) is 5.56 Å². The first-order chi connectivity index (χ1) is 16.8. The number of rotatable bonds is 6. The van der Waals surface area contributed by atoms with Crippen LogP contribution in [0.15, 0.2) is 42.6 Å². The molecular weight excluding hydrogens is 438 g/mol. The lowest BCUT2D eigenvalue weighted by atomic mass is 9.50. The van der Waals surface area contributed by atoms with Crippen LogP contribution in [-0.2, 0) is 11.2 Å². The summed E-state index contributed by atoms with van der Waals surface area (Å²) in [7, 11) is 0. The van der Waals surface area contributed by atoms with Crippen molar-refractivity contribution in [1.82, 2.24) is 15.1 Å². The van der Waals surface area contributed by atoms with E-state index in [0.29, 0.717) is 5.56 Å². The van der Waals surface area contributed by atoms with Crippen molar-refractivity contribution >= 4 is 22.8 Å². The molecule has 0 radical (unpaired) electrons. The first-order valence-corrected chi connectivity index (χ1v) is 12.4. The number of amides is 1. The average molecular weight is 470 g/mol. The van der Waals surface area contributed by atoms with Gasteiger partial charge in [-0.15, -0.1) is 5.92 Å². The number of carbonyl (C=O) groups is 2. The minimum Gasteiger partial charge on any atom is -0.481 e. The van der Waals surface area contributed by atoms with Gasteiger partial charge in [-0.2, -0.15) is 5.10 Å². The van der Waals surface area contributed by atoms with Gasteiger partial charge in [0.05, 0.1) is 29.2 Å². The number of carboxylic acid groups (broad SMARTS) is 1. The Labute approximate surface area is 205 Å². The van der Waals surface area contributed by atoms with E-state index in [-0.39, 0.29) is 29.3 Å². The molecule has 2 aliphatic carbocycles. The zero-order chi connectivity index (χ0) is 24.7.